The number of ketones is 1. The number of rotatable bonds is 7. The third kappa shape index (κ3) is 4.65. The molecule has 2 aromatic carbocycles. The number of nitrogens with two attached hydrogens (primary N) is 2. The highest BCUT2D eigenvalue weighted by molar-refractivity contribution is 7.20. The first-order valence-electron chi connectivity index (χ1n) is 8.41. The summed E-state index contributed by atoms with van der Waals surface area (Å²) in [5, 5.41) is 3.48. The average molecular weight is 367 g/mol. The van der Waals surface area contributed by atoms with Gasteiger partial charge in [0.2, 0.25) is 5.78 Å². The number of anilines is 1. The zero-order valence-corrected chi connectivity index (χ0v) is 15.1. The van der Waals surface area contributed by atoms with Crippen LogP contribution in [0.2, 0.25) is 0 Å². The summed E-state index contributed by atoms with van der Waals surface area (Å²) >= 11 is 1.38. The van der Waals surface area contributed by atoms with E-state index in [0.717, 1.165) is 15.9 Å². The number of hydrogen-bond donors (Lipinski definition) is 3. The first kappa shape index (κ1) is 18.0. The molecule has 134 valence electrons. The second-order valence-corrected chi connectivity index (χ2v) is 6.89. The fourth-order valence-corrected chi connectivity index (χ4v) is 3.46. The molecular formula is C19H21N5OS. The first-order valence-corrected chi connectivity index (χ1v) is 9.22. The van der Waals surface area contributed by atoms with Gasteiger partial charge in [0.05, 0.1) is 16.3 Å². The number of nitrogens with zero attached hydrogens (tertiary/aromatic N) is 2. The number of benzene rings is 2. The maximum atomic E-state index is 12.4. The van der Waals surface area contributed by atoms with Gasteiger partial charge in [-0.15, -0.1) is 11.3 Å². The second kappa shape index (κ2) is 8.55. The van der Waals surface area contributed by atoms with Crippen molar-refractivity contribution in [2.75, 3.05) is 11.9 Å². The molecule has 6 nitrogen and oxygen atoms in total. The summed E-state index contributed by atoms with van der Waals surface area (Å²) in [5.41, 5.74) is 13.6. The molecule has 0 saturated carbocycles. The minimum Gasteiger partial charge on any atom is -0.370 e. The van der Waals surface area contributed by atoms with Crippen molar-refractivity contribution in [2.45, 2.75) is 18.9 Å². The molecule has 0 unspecified atom stereocenters. The van der Waals surface area contributed by atoms with Gasteiger partial charge in [0.25, 0.3) is 0 Å². The predicted molar refractivity (Wildman–Crippen MR) is 108 cm³/mol. The maximum Gasteiger partial charge on any atom is 0.208 e. The predicted octanol–water partition coefficient (Wildman–Crippen LogP) is 3.01. The Morgan fingerprint density at radius 2 is 1.88 bits per heavy atom. The van der Waals surface area contributed by atoms with E-state index < -0.39 is 6.04 Å². The average Bonchev–Trinajstić information content (AvgIpc) is 3.09. The number of aliphatic imine (C=N–C) groups is 1. The fraction of sp³-hybridized carbons (Fsp3) is 0.211. The molecule has 1 atom stereocenters. The fourth-order valence-electron chi connectivity index (χ4n) is 2.49. The SMILES string of the molecule is NC(=NCCC[C@H](N)C(=O)c1nc2ccccc2s1)Nc1ccccc1. The summed E-state index contributed by atoms with van der Waals surface area (Å²) in [7, 11) is 0. The molecule has 1 heterocycles. The highest BCUT2D eigenvalue weighted by atomic mass is 32.1. The van der Waals surface area contributed by atoms with Crippen molar-refractivity contribution < 1.29 is 4.79 Å². The molecule has 7 heteroatoms. The van der Waals surface area contributed by atoms with E-state index in [1.165, 1.54) is 11.3 Å². The van der Waals surface area contributed by atoms with E-state index >= 15 is 0 Å². The molecule has 3 aromatic rings. The Morgan fingerprint density at radius 3 is 2.65 bits per heavy atom. The van der Waals surface area contributed by atoms with Crippen LogP contribution in [0.5, 0.6) is 0 Å². The van der Waals surface area contributed by atoms with Gasteiger partial charge in [-0.1, -0.05) is 30.3 Å². The van der Waals surface area contributed by atoms with Gasteiger partial charge in [0.15, 0.2) is 11.0 Å². The molecule has 0 amide bonds. The van der Waals surface area contributed by atoms with Crippen LogP contribution in [0.3, 0.4) is 0 Å². The molecule has 0 saturated heterocycles. The topological polar surface area (TPSA) is 106 Å². The lowest BCUT2D eigenvalue weighted by atomic mass is 10.1. The molecule has 0 aliphatic heterocycles. The number of carbonyl (C=O) groups excluding carboxylic acids is 1. The quantitative estimate of drug-likeness (QED) is 0.258. The standard InChI is InChI=1S/C19H21N5OS/c20-14(17(25)18-24-15-10-4-5-11-16(15)26-18)9-6-12-22-19(21)23-13-7-2-1-3-8-13/h1-5,7-8,10-11,14H,6,9,12,20H2,(H3,21,22,23)/t14-/m0/s1. The summed E-state index contributed by atoms with van der Waals surface area (Å²) in [6, 6.07) is 16.7. The van der Waals surface area contributed by atoms with Crippen molar-refractivity contribution in [3.8, 4) is 0 Å². The van der Waals surface area contributed by atoms with Crippen molar-refractivity contribution in [3.63, 3.8) is 0 Å². The van der Waals surface area contributed by atoms with Crippen molar-refractivity contribution in [1.82, 2.24) is 4.98 Å². The van der Waals surface area contributed by atoms with Crippen molar-refractivity contribution in [3.05, 3.63) is 59.6 Å². The van der Waals surface area contributed by atoms with E-state index in [1.54, 1.807) is 0 Å². The molecule has 3 rings (SSSR count). The molecule has 26 heavy (non-hydrogen) atoms. The van der Waals surface area contributed by atoms with Crippen LogP contribution >= 0.6 is 11.3 Å². The van der Waals surface area contributed by atoms with Gasteiger partial charge in [0.1, 0.15) is 0 Å². The summed E-state index contributed by atoms with van der Waals surface area (Å²) in [5.74, 6) is 0.229. The Kier molecular flexibility index (Phi) is 5.93. The zero-order valence-electron chi connectivity index (χ0n) is 14.3. The van der Waals surface area contributed by atoms with E-state index in [9.17, 15) is 4.79 Å². The number of Topliss-reactive ketones (excluding diaryl/α,β-unsaturated/α-hetero) is 1. The van der Waals surface area contributed by atoms with Gasteiger partial charge in [-0.2, -0.15) is 0 Å². The third-order valence-corrected chi connectivity index (χ3v) is 4.89. The van der Waals surface area contributed by atoms with E-state index in [4.69, 9.17) is 11.5 Å². The van der Waals surface area contributed by atoms with E-state index in [-0.39, 0.29) is 5.78 Å². The van der Waals surface area contributed by atoms with E-state index in [1.807, 2.05) is 54.6 Å². The van der Waals surface area contributed by atoms with Gasteiger partial charge < -0.3 is 16.8 Å². The van der Waals surface area contributed by atoms with Crippen LogP contribution in [0.15, 0.2) is 59.6 Å². The lowest BCUT2D eigenvalue weighted by Crippen LogP contribution is -2.30. The summed E-state index contributed by atoms with van der Waals surface area (Å²) in [6.45, 7) is 0.506. The number of fused-ring (bicyclic) bond motifs is 1. The minimum absolute atomic E-state index is 0.120. The Hall–Kier alpha value is -2.77. The number of guanidine groups is 1. The van der Waals surface area contributed by atoms with Crippen LogP contribution in [-0.4, -0.2) is 29.3 Å². The molecule has 0 aliphatic rings. The van der Waals surface area contributed by atoms with Crippen LogP contribution in [0.4, 0.5) is 5.69 Å². The maximum absolute atomic E-state index is 12.4. The molecular weight excluding hydrogens is 346 g/mol. The van der Waals surface area contributed by atoms with Crippen molar-refractivity contribution in [1.29, 1.82) is 0 Å². The van der Waals surface area contributed by atoms with Crippen LogP contribution in [-0.2, 0) is 0 Å². The number of thiazole rings is 1. The molecule has 0 fully saturated rings. The molecule has 0 radical (unpaired) electrons. The lowest BCUT2D eigenvalue weighted by molar-refractivity contribution is 0.0956. The van der Waals surface area contributed by atoms with Crippen molar-refractivity contribution >= 4 is 39.0 Å². The first-order chi connectivity index (χ1) is 12.6. The Bertz CT molecular complexity index is 873. The summed E-state index contributed by atoms with van der Waals surface area (Å²) in [6.07, 6.45) is 1.21. The molecule has 1 aromatic heterocycles. The van der Waals surface area contributed by atoms with Crippen LogP contribution in [0, 0.1) is 0 Å². The van der Waals surface area contributed by atoms with Gasteiger partial charge in [-0.3, -0.25) is 9.79 Å². The van der Waals surface area contributed by atoms with Crippen molar-refractivity contribution in [2.24, 2.45) is 16.5 Å². The minimum atomic E-state index is -0.575. The smallest absolute Gasteiger partial charge is 0.208 e. The Balaban J connectivity index is 1.48. The summed E-state index contributed by atoms with van der Waals surface area (Å²) in [4.78, 5) is 21.1. The highest BCUT2D eigenvalue weighted by Crippen LogP contribution is 2.22. The van der Waals surface area contributed by atoms with Gasteiger partial charge in [-0.25, -0.2) is 4.98 Å². The normalized spacial score (nSPS) is 12.9. The third-order valence-electron chi connectivity index (χ3n) is 3.84. The highest BCUT2D eigenvalue weighted by Gasteiger charge is 2.19. The van der Waals surface area contributed by atoms with Gasteiger partial charge in [-0.05, 0) is 37.1 Å². The summed E-state index contributed by atoms with van der Waals surface area (Å²) < 4.78 is 0.993. The monoisotopic (exact) mass is 367 g/mol. The Labute approximate surface area is 156 Å². The molecule has 5 N–H and O–H groups in total. The Morgan fingerprint density at radius 1 is 1.15 bits per heavy atom. The van der Waals surface area contributed by atoms with Gasteiger partial charge >= 0.3 is 0 Å². The molecule has 0 spiro atoms. The number of para-hydroxylation sites is 2. The number of aromatic nitrogens is 1. The largest absolute Gasteiger partial charge is 0.370 e. The van der Waals surface area contributed by atoms with E-state index in [2.05, 4.69) is 15.3 Å². The lowest BCUT2D eigenvalue weighted by Gasteiger charge is -2.08. The van der Waals surface area contributed by atoms with Gasteiger partial charge in [0, 0.05) is 12.2 Å². The van der Waals surface area contributed by atoms with Crippen LogP contribution in [0.25, 0.3) is 10.2 Å². The van der Waals surface area contributed by atoms with Crippen LogP contribution < -0.4 is 16.8 Å². The molecule has 0 bridgehead atoms. The number of nitrogens with one attached hydrogen (secondary N) is 1. The second-order valence-electron chi connectivity index (χ2n) is 5.86. The number of hydrogen-bond acceptors (Lipinski definition) is 5. The molecule has 0 aliphatic carbocycles. The zero-order chi connectivity index (χ0) is 18.4. The van der Waals surface area contributed by atoms with Crippen LogP contribution in [0.1, 0.15) is 22.6 Å². The number of carbonyl (C=O) groups is 1. The van der Waals surface area contributed by atoms with E-state index in [0.29, 0.717) is 30.4 Å².